The smallest absolute Gasteiger partial charge is 0.315 e. The quantitative estimate of drug-likeness (QED) is 0.0505. The lowest BCUT2D eigenvalue weighted by Crippen LogP contribution is -2.67. The van der Waals surface area contributed by atoms with E-state index in [1.165, 1.54) is 64.7 Å². The van der Waals surface area contributed by atoms with E-state index < -0.39 is 15.8 Å². The van der Waals surface area contributed by atoms with Gasteiger partial charge >= 0.3 is 5.91 Å². The molecule has 0 spiro atoms. The number of rotatable bonds is 28. The van der Waals surface area contributed by atoms with Crippen molar-refractivity contribution in [3.8, 4) is 0 Å². The van der Waals surface area contributed by atoms with Crippen molar-refractivity contribution in [1.29, 1.82) is 0 Å². The van der Waals surface area contributed by atoms with Crippen LogP contribution in [0.3, 0.4) is 0 Å². The van der Waals surface area contributed by atoms with Crippen molar-refractivity contribution in [2.45, 2.75) is 117 Å². The maximum atomic E-state index is 12.8. The van der Waals surface area contributed by atoms with Crippen LogP contribution in [-0.4, -0.2) is 75.3 Å². The van der Waals surface area contributed by atoms with E-state index in [-0.39, 0.29) is 44.9 Å². The topological polar surface area (TPSA) is 170 Å². The lowest BCUT2D eigenvalue weighted by Gasteiger charge is -2.36. The van der Waals surface area contributed by atoms with Gasteiger partial charge in [-0.25, -0.2) is 13.2 Å². The van der Waals surface area contributed by atoms with Crippen molar-refractivity contribution >= 4 is 16.3 Å². The summed E-state index contributed by atoms with van der Waals surface area (Å²) in [5.41, 5.74) is 3.26. The van der Waals surface area contributed by atoms with Crippen LogP contribution in [0.1, 0.15) is 117 Å². The van der Waals surface area contributed by atoms with Crippen LogP contribution >= 0.6 is 0 Å². The first-order chi connectivity index (χ1) is 19.6. The summed E-state index contributed by atoms with van der Waals surface area (Å²) in [6.07, 6.45) is 21.7. The van der Waals surface area contributed by atoms with Crippen LogP contribution in [-0.2, 0) is 28.9 Å². The number of aliphatic hydroxyl groups excluding tert-OH is 2. The number of unbranched alkanes of at least 4 members (excludes halogenated alkanes) is 9. The number of hydrogen-bond acceptors (Lipinski definition) is 9. The molecule has 0 aromatic rings. The summed E-state index contributed by atoms with van der Waals surface area (Å²) in [6.45, 7) is 7.14. The molecular formula is C30H61NO9S. The Labute approximate surface area is 250 Å². The summed E-state index contributed by atoms with van der Waals surface area (Å²) < 4.78 is 43.0. The molecule has 0 aliphatic heterocycles. The molecule has 246 valence electrons. The standard InChI is InChI=1S/C28H55NO5.C2H6O4S/c1-3-5-6-7-8-9-10-11-12-13-14-15-16-17-26(4-2)28(27(29)32,18-22-33-24-20-30)19-23-34-25-21-31;1-2-6-7(3,4)5/h11-12,26,30-31H,3-10,13-25H2,1-2H3,(H2,29,32);2H2,1H3,(H,3,4,5)/b12-11-;. The second kappa shape index (κ2) is 29.2. The van der Waals surface area contributed by atoms with Gasteiger partial charge in [-0.3, -0.25) is 9.92 Å². The van der Waals surface area contributed by atoms with Gasteiger partial charge in [0.15, 0.2) is 0 Å². The molecule has 0 saturated carbocycles. The lowest BCUT2D eigenvalue weighted by molar-refractivity contribution is -0.324. The Morgan fingerprint density at radius 2 is 1.32 bits per heavy atom. The maximum absolute atomic E-state index is 12.8. The summed E-state index contributed by atoms with van der Waals surface area (Å²) in [7, 11) is -4.42. The number of amides is 1. The molecule has 0 rings (SSSR count). The molecule has 1 unspecified atom stereocenters. The average molecular weight is 612 g/mol. The fraction of sp³-hybridized carbons (Fsp3) is 0.900. The van der Waals surface area contributed by atoms with Crippen LogP contribution in [0.25, 0.3) is 0 Å². The van der Waals surface area contributed by atoms with Crippen LogP contribution < -0.4 is 5.73 Å². The van der Waals surface area contributed by atoms with Gasteiger partial charge in [-0.1, -0.05) is 77.4 Å². The number of carbonyl (C=O) groups excluding carboxylic acids is 1. The van der Waals surface area contributed by atoms with Crippen LogP contribution in [0.2, 0.25) is 0 Å². The van der Waals surface area contributed by atoms with Crippen molar-refractivity contribution in [2.24, 2.45) is 11.3 Å². The van der Waals surface area contributed by atoms with E-state index in [1.54, 1.807) is 0 Å². The Morgan fingerprint density at radius 1 is 0.829 bits per heavy atom. The minimum atomic E-state index is -4.42. The Bertz CT molecular complexity index is 705. The number of quaternary nitrogens is 1. The van der Waals surface area contributed by atoms with Crippen molar-refractivity contribution in [3.63, 3.8) is 0 Å². The van der Waals surface area contributed by atoms with Crippen molar-refractivity contribution < 1.29 is 47.4 Å². The van der Waals surface area contributed by atoms with Gasteiger partial charge in [0.25, 0.3) is 0 Å². The van der Waals surface area contributed by atoms with E-state index >= 15 is 0 Å². The normalized spacial score (nSPS) is 12.9. The Kier molecular flexibility index (Phi) is 30.0. The van der Waals surface area contributed by atoms with Crippen LogP contribution in [0, 0.1) is 11.3 Å². The molecule has 11 heteroatoms. The lowest BCUT2D eigenvalue weighted by atomic mass is 9.67. The highest BCUT2D eigenvalue weighted by molar-refractivity contribution is 7.80. The van der Waals surface area contributed by atoms with Crippen LogP contribution in [0.4, 0.5) is 0 Å². The predicted octanol–water partition coefficient (Wildman–Crippen LogP) is 4.31. The molecule has 41 heavy (non-hydrogen) atoms. The van der Waals surface area contributed by atoms with Gasteiger partial charge in [0.1, 0.15) is 0 Å². The van der Waals surface area contributed by atoms with Crippen LogP contribution in [0.15, 0.2) is 12.2 Å². The molecule has 0 radical (unpaired) electrons. The zero-order valence-corrected chi connectivity index (χ0v) is 27.0. The molecule has 0 saturated heterocycles. The monoisotopic (exact) mass is 611 g/mol. The van der Waals surface area contributed by atoms with Gasteiger partial charge in [0, 0.05) is 13.2 Å². The number of allylic oxidation sites excluding steroid dienone is 2. The minimum Gasteiger partial charge on any atom is -0.726 e. The fourth-order valence-electron chi connectivity index (χ4n) is 5.00. The highest BCUT2D eigenvalue weighted by Gasteiger charge is 2.45. The number of carbonyl (C=O) groups is 1. The predicted molar refractivity (Wildman–Crippen MR) is 161 cm³/mol. The highest BCUT2D eigenvalue weighted by Crippen LogP contribution is 2.40. The van der Waals surface area contributed by atoms with Gasteiger partial charge in [0.2, 0.25) is 10.4 Å². The molecule has 0 aliphatic carbocycles. The number of ether oxygens (including phenoxy) is 2. The minimum absolute atomic E-state index is 0.0183. The van der Waals surface area contributed by atoms with Crippen molar-refractivity contribution in [3.05, 3.63) is 12.2 Å². The molecule has 1 atom stereocenters. The van der Waals surface area contributed by atoms with E-state index in [9.17, 15) is 17.8 Å². The van der Waals surface area contributed by atoms with E-state index in [0.29, 0.717) is 26.1 Å². The second-order valence-electron chi connectivity index (χ2n) is 10.3. The number of aliphatic hydroxyl groups is 2. The van der Waals surface area contributed by atoms with Gasteiger partial charge in [-0.15, -0.1) is 0 Å². The molecule has 0 aliphatic rings. The largest absolute Gasteiger partial charge is 0.726 e. The Morgan fingerprint density at radius 3 is 1.71 bits per heavy atom. The third-order valence-corrected chi connectivity index (χ3v) is 7.79. The first-order valence-corrected chi connectivity index (χ1v) is 17.0. The summed E-state index contributed by atoms with van der Waals surface area (Å²) in [5, 5.41) is 18.0. The Hall–Kier alpha value is -0.920. The molecule has 1 amide bonds. The second-order valence-corrected chi connectivity index (χ2v) is 11.4. The summed E-state index contributed by atoms with van der Waals surface area (Å²) in [4.78, 5) is 12.8. The van der Waals surface area contributed by atoms with Crippen molar-refractivity contribution in [1.82, 2.24) is 0 Å². The number of hydrogen-bond donors (Lipinski definition) is 3. The van der Waals surface area contributed by atoms with E-state index in [4.69, 9.17) is 19.7 Å². The fourth-order valence-corrected chi connectivity index (χ4v) is 5.29. The van der Waals surface area contributed by atoms with E-state index in [1.807, 2.05) is 0 Å². The summed E-state index contributed by atoms with van der Waals surface area (Å²) in [6, 6.07) is 0. The summed E-state index contributed by atoms with van der Waals surface area (Å²) >= 11 is 0. The summed E-state index contributed by atoms with van der Waals surface area (Å²) in [5.74, 6) is 0.188. The van der Waals surface area contributed by atoms with Crippen LogP contribution in [0.5, 0.6) is 0 Å². The molecule has 0 bridgehead atoms. The Balaban J connectivity index is 0. The van der Waals surface area contributed by atoms with Gasteiger partial charge in [-0.05, 0) is 57.8 Å². The maximum Gasteiger partial charge on any atom is 0.315 e. The third-order valence-electron chi connectivity index (χ3n) is 7.26. The molecule has 0 aromatic carbocycles. The molecule has 10 nitrogen and oxygen atoms in total. The van der Waals surface area contributed by atoms with Gasteiger partial charge < -0.3 is 24.2 Å². The first-order valence-electron chi connectivity index (χ1n) is 15.6. The first kappa shape index (κ1) is 42.2. The molecule has 0 heterocycles. The highest BCUT2D eigenvalue weighted by atomic mass is 32.3. The van der Waals surface area contributed by atoms with Gasteiger partial charge in [0.05, 0.1) is 38.4 Å². The van der Waals surface area contributed by atoms with E-state index in [2.05, 4.69) is 35.9 Å². The average Bonchev–Trinajstić information content (AvgIpc) is 2.92. The molecular weight excluding hydrogens is 550 g/mol. The van der Waals surface area contributed by atoms with Crippen molar-refractivity contribution in [2.75, 3.05) is 46.2 Å². The molecule has 0 aromatic heterocycles. The molecule has 0 fully saturated rings. The molecule has 5 N–H and O–H groups in total. The zero-order chi connectivity index (χ0) is 31.2. The zero-order valence-electron chi connectivity index (χ0n) is 26.2. The van der Waals surface area contributed by atoms with Gasteiger partial charge in [-0.2, -0.15) is 0 Å². The third kappa shape index (κ3) is 25.3. The van der Waals surface area contributed by atoms with E-state index in [0.717, 1.165) is 25.7 Å². The SMILES string of the molecule is CCCCCCCC/C=C\CCCCCC(CC)C(CCOCCO)(CCOCCO)C([NH3+])=O.CCOS(=O)(=O)[O-].